The predicted molar refractivity (Wildman–Crippen MR) is 81.8 cm³/mol. The van der Waals surface area contributed by atoms with Crippen LogP contribution in [-0.2, 0) is 4.74 Å². The van der Waals surface area contributed by atoms with Gasteiger partial charge < -0.3 is 10.1 Å². The molecule has 0 saturated carbocycles. The average Bonchev–Trinajstić information content (AvgIpc) is 3.01. The molecule has 1 aliphatic heterocycles. The first kappa shape index (κ1) is 13.5. The van der Waals surface area contributed by atoms with Crippen molar-refractivity contribution in [1.82, 2.24) is 10.3 Å². The largest absolute Gasteiger partial charge is 0.378 e. The highest BCUT2D eigenvalue weighted by atomic mass is 16.5. The Morgan fingerprint density at radius 3 is 3.00 bits per heavy atom. The van der Waals surface area contributed by atoms with Gasteiger partial charge in [0.2, 0.25) is 0 Å². The summed E-state index contributed by atoms with van der Waals surface area (Å²) in [6.45, 7) is 0.934. The molecule has 0 spiro atoms. The van der Waals surface area contributed by atoms with Crippen LogP contribution in [0.2, 0.25) is 0 Å². The lowest BCUT2D eigenvalue weighted by Crippen LogP contribution is -2.19. The highest BCUT2D eigenvalue weighted by Crippen LogP contribution is 2.24. The Morgan fingerprint density at radius 1 is 1.30 bits per heavy atom. The first-order valence-corrected chi connectivity index (χ1v) is 7.51. The fourth-order valence-electron chi connectivity index (χ4n) is 2.94. The topological polar surface area (TPSA) is 34.1 Å². The van der Waals surface area contributed by atoms with Crippen molar-refractivity contribution < 1.29 is 4.74 Å². The van der Waals surface area contributed by atoms with Crippen molar-refractivity contribution in [2.75, 3.05) is 13.7 Å². The van der Waals surface area contributed by atoms with Crippen LogP contribution >= 0.6 is 0 Å². The van der Waals surface area contributed by atoms with Crippen molar-refractivity contribution in [3.8, 4) is 0 Å². The Morgan fingerprint density at radius 2 is 2.20 bits per heavy atom. The summed E-state index contributed by atoms with van der Waals surface area (Å²) in [5.41, 5.74) is 2.20. The standard InChI is InChI=1S/C17H22N2O/c1-18-16(11-9-14-6-4-12-20-14)17-10-8-13-5-2-3-7-15(13)19-17/h2-3,5,7-8,10,14,16,18H,4,6,9,11-12H2,1H3. The molecule has 0 radical (unpaired) electrons. The first-order valence-electron chi connectivity index (χ1n) is 7.51. The normalized spacial score (nSPS) is 20.4. The van der Waals surface area contributed by atoms with Gasteiger partial charge in [-0.15, -0.1) is 0 Å². The van der Waals surface area contributed by atoms with Crippen LogP contribution in [0, 0.1) is 0 Å². The van der Waals surface area contributed by atoms with Crippen molar-refractivity contribution >= 4 is 10.9 Å². The summed E-state index contributed by atoms with van der Waals surface area (Å²) in [7, 11) is 2.01. The molecular weight excluding hydrogens is 248 g/mol. The number of rotatable bonds is 5. The van der Waals surface area contributed by atoms with Crippen LogP contribution in [0.5, 0.6) is 0 Å². The molecule has 2 unspecified atom stereocenters. The second-order valence-corrected chi connectivity index (χ2v) is 5.48. The summed E-state index contributed by atoms with van der Waals surface area (Å²) in [4.78, 5) is 4.79. The van der Waals surface area contributed by atoms with E-state index in [0.717, 1.165) is 30.7 Å². The van der Waals surface area contributed by atoms with Gasteiger partial charge in [-0.2, -0.15) is 0 Å². The maximum atomic E-state index is 5.71. The van der Waals surface area contributed by atoms with Crippen LogP contribution in [-0.4, -0.2) is 24.7 Å². The number of fused-ring (bicyclic) bond motifs is 1. The third kappa shape index (κ3) is 3.00. The highest BCUT2D eigenvalue weighted by Gasteiger charge is 2.18. The van der Waals surface area contributed by atoms with Crippen molar-refractivity contribution in [1.29, 1.82) is 0 Å². The molecule has 0 bridgehead atoms. The monoisotopic (exact) mass is 270 g/mol. The fourth-order valence-corrected chi connectivity index (χ4v) is 2.94. The van der Waals surface area contributed by atoms with Crippen LogP contribution in [0.1, 0.15) is 37.4 Å². The van der Waals surface area contributed by atoms with Crippen molar-refractivity contribution in [2.24, 2.45) is 0 Å². The zero-order valence-electron chi connectivity index (χ0n) is 12.0. The van der Waals surface area contributed by atoms with E-state index in [4.69, 9.17) is 9.72 Å². The summed E-state index contributed by atoms with van der Waals surface area (Å²) in [6.07, 6.45) is 5.06. The maximum Gasteiger partial charge on any atom is 0.0706 e. The minimum absolute atomic E-state index is 0.309. The SMILES string of the molecule is CNC(CCC1CCCO1)c1ccc2ccccc2n1. The first-order chi connectivity index (χ1) is 9.86. The molecule has 1 N–H and O–H groups in total. The summed E-state index contributed by atoms with van der Waals surface area (Å²) < 4.78 is 5.71. The number of benzene rings is 1. The maximum absolute atomic E-state index is 5.71. The molecule has 2 atom stereocenters. The average molecular weight is 270 g/mol. The number of aromatic nitrogens is 1. The van der Waals surface area contributed by atoms with E-state index in [-0.39, 0.29) is 0 Å². The van der Waals surface area contributed by atoms with Gasteiger partial charge in [-0.25, -0.2) is 0 Å². The van der Waals surface area contributed by atoms with Crippen LogP contribution in [0.25, 0.3) is 10.9 Å². The van der Waals surface area contributed by atoms with Crippen molar-refractivity contribution in [2.45, 2.75) is 37.8 Å². The molecule has 1 fully saturated rings. The quantitative estimate of drug-likeness (QED) is 0.903. The van der Waals surface area contributed by atoms with E-state index in [2.05, 4.69) is 35.6 Å². The van der Waals surface area contributed by atoms with Crippen LogP contribution in [0.15, 0.2) is 36.4 Å². The number of ether oxygens (including phenoxy) is 1. The van der Waals surface area contributed by atoms with Gasteiger partial charge in [0.1, 0.15) is 0 Å². The second kappa shape index (κ2) is 6.33. The van der Waals surface area contributed by atoms with Gasteiger partial charge in [-0.1, -0.05) is 24.3 Å². The van der Waals surface area contributed by atoms with E-state index < -0.39 is 0 Å². The minimum atomic E-state index is 0.309. The fraction of sp³-hybridized carbons (Fsp3) is 0.471. The number of nitrogens with zero attached hydrogens (tertiary/aromatic N) is 1. The van der Waals surface area contributed by atoms with Crippen LogP contribution in [0.3, 0.4) is 0 Å². The molecule has 2 aromatic rings. The molecule has 3 nitrogen and oxygen atoms in total. The molecule has 1 saturated heterocycles. The van der Waals surface area contributed by atoms with Gasteiger partial charge in [0.05, 0.1) is 17.3 Å². The molecule has 3 rings (SSSR count). The zero-order valence-corrected chi connectivity index (χ0v) is 12.0. The Kier molecular flexibility index (Phi) is 4.28. The summed E-state index contributed by atoms with van der Waals surface area (Å²) >= 11 is 0. The summed E-state index contributed by atoms with van der Waals surface area (Å²) in [5.74, 6) is 0. The molecular formula is C17H22N2O. The number of nitrogens with one attached hydrogen (secondary N) is 1. The van der Waals surface area contributed by atoms with Gasteiger partial charge in [0.15, 0.2) is 0 Å². The Bertz CT molecular complexity index is 564. The third-order valence-electron chi connectivity index (χ3n) is 4.13. The van der Waals surface area contributed by atoms with Crippen molar-refractivity contribution in [3.05, 3.63) is 42.1 Å². The number of hydrogen-bond donors (Lipinski definition) is 1. The summed E-state index contributed by atoms with van der Waals surface area (Å²) in [6, 6.07) is 12.9. The van der Waals surface area contributed by atoms with E-state index in [1.165, 1.54) is 18.2 Å². The Balaban J connectivity index is 1.72. The van der Waals surface area contributed by atoms with Gasteiger partial charge in [-0.3, -0.25) is 4.98 Å². The third-order valence-corrected chi connectivity index (χ3v) is 4.13. The second-order valence-electron chi connectivity index (χ2n) is 5.48. The molecule has 0 aliphatic carbocycles. The zero-order chi connectivity index (χ0) is 13.8. The molecule has 1 aliphatic rings. The van der Waals surface area contributed by atoms with Gasteiger partial charge >= 0.3 is 0 Å². The van der Waals surface area contributed by atoms with E-state index in [9.17, 15) is 0 Å². The molecule has 106 valence electrons. The van der Waals surface area contributed by atoms with E-state index in [1.807, 2.05) is 13.1 Å². The lowest BCUT2D eigenvalue weighted by molar-refractivity contribution is 0.0997. The lowest BCUT2D eigenvalue weighted by Gasteiger charge is -2.18. The lowest BCUT2D eigenvalue weighted by atomic mass is 10.0. The van der Waals surface area contributed by atoms with Gasteiger partial charge in [-0.05, 0) is 44.9 Å². The number of hydrogen-bond acceptors (Lipinski definition) is 3. The summed E-state index contributed by atoms with van der Waals surface area (Å²) in [5, 5.41) is 4.59. The highest BCUT2D eigenvalue weighted by molar-refractivity contribution is 5.78. The molecule has 1 aromatic carbocycles. The van der Waals surface area contributed by atoms with Crippen LogP contribution in [0.4, 0.5) is 0 Å². The van der Waals surface area contributed by atoms with E-state index in [0.29, 0.717) is 12.1 Å². The molecule has 3 heteroatoms. The number of para-hydroxylation sites is 1. The minimum Gasteiger partial charge on any atom is -0.378 e. The predicted octanol–water partition coefficient (Wildman–Crippen LogP) is 3.45. The molecule has 1 aromatic heterocycles. The molecule has 2 heterocycles. The smallest absolute Gasteiger partial charge is 0.0706 e. The number of pyridine rings is 1. The molecule has 20 heavy (non-hydrogen) atoms. The van der Waals surface area contributed by atoms with Crippen LogP contribution < -0.4 is 5.32 Å². The van der Waals surface area contributed by atoms with Crippen molar-refractivity contribution in [3.63, 3.8) is 0 Å². The van der Waals surface area contributed by atoms with E-state index in [1.54, 1.807) is 0 Å². The van der Waals surface area contributed by atoms with Gasteiger partial charge in [0, 0.05) is 18.0 Å². The van der Waals surface area contributed by atoms with E-state index >= 15 is 0 Å². The Labute approximate surface area is 120 Å². The molecule has 0 amide bonds. The Hall–Kier alpha value is -1.45. The van der Waals surface area contributed by atoms with Gasteiger partial charge in [0.25, 0.3) is 0 Å².